The Bertz CT molecular complexity index is 2370. The van der Waals surface area contributed by atoms with Crippen LogP contribution >= 0.6 is 0 Å². The highest BCUT2D eigenvalue weighted by Gasteiger charge is 2.48. The van der Waals surface area contributed by atoms with Gasteiger partial charge in [0, 0.05) is 36.1 Å². The van der Waals surface area contributed by atoms with Crippen LogP contribution in [0, 0.1) is 29.1 Å². The van der Waals surface area contributed by atoms with Crippen molar-refractivity contribution in [3.05, 3.63) is 154 Å². The van der Waals surface area contributed by atoms with Crippen molar-refractivity contribution in [2.24, 2.45) is 0 Å². The van der Waals surface area contributed by atoms with Crippen molar-refractivity contribution in [3.8, 4) is 5.75 Å². The number of halogens is 5. The predicted molar refractivity (Wildman–Crippen MR) is 203 cm³/mol. The summed E-state index contributed by atoms with van der Waals surface area (Å²) in [5.41, 5.74) is 3.11. The van der Waals surface area contributed by atoms with E-state index in [-0.39, 0.29) is 49.1 Å². The zero-order valence-electron chi connectivity index (χ0n) is 31.1. The molecular weight excluding hydrogens is 782 g/mol. The topological polar surface area (TPSA) is 106 Å². The molecule has 2 fully saturated rings. The van der Waals surface area contributed by atoms with Gasteiger partial charge in [-0.2, -0.15) is 4.31 Å². The van der Waals surface area contributed by atoms with Crippen LogP contribution in [0.15, 0.2) is 102 Å². The van der Waals surface area contributed by atoms with Crippen molar-refractivity contribution < 1.29 is 49.4 Å². The van der Waals surface area contributed by atoms with Gasteiger partial charge in [-0.05, 0) is 54.2 Å². The first kappa shape index (κ1) is 40.5. The Hall–Kier alpha value is -5.67. The maximum Gasteiger partial charge on any atom is 0.342 e. The quantitative estimate of drug-likeness (QED) is 0.0507. The second-order valence-corrected chi connectivity index (χ2v) is 16.0. The second-order valence-electron chi connectivity index (χ2n) is 14.2. The van der Waals surface area contributed by atoms with Crippen LogP contribution in [0.4, 0.5) is 27.6 Å². The third-order valence-corrected chi connectivity index (χ3v) is 12.3. The lowest BCUT2D eigenvalue weighted by Crippen LogP contribution is -2.59. The van der Waals surface area contributed by atoms with Gasteiger partial charge in [-0.1, -0.05) is 86.0 Å². The van der Waals surface area contributed by atoms with E-state index in [1.807, 2.05) is 42.5 Å². The summed E-state index contributed by atoms with van der Waals surface area (Å²) in [6.45, 7) is -0.648. The number of carbonyl (C=O) groups is 2. The Morgan fingerprint density at radius 3 is 1.93 bits per heavy atom. The van der Waals surface area contributed by atoms with Gasteiger partial charge in [0.15, 0.2) is 28.2 Å². The molecule has 1 atom stereocenters. The fraction of sp³-hybridized carbons (Fsp3) is 0.279. The van der Waals surface area contributed by atoms with Crippen molar-refractivity contribution in [1.29, 1.82) is 0 Å². The zero-order chi connectivity index (χ0) is 41.0. The number of nitrogens with zero attached hydrogens (tertiary/aromatic N) is 3. The fourth-order valence-corrected chi connectivity index (χ4v) is 8.90. The van der Waals surface area contributed by atoms with Crippen LogP contribution in [-0.2, 0) is 39.3 Å². The standard InChI is InChI=1S/C43H38F5N3O6S/c44-36-37(45)39(47)41(40(48)38(36)46)58(54,55)51-21-20-34(51)42(52)50(24-29-16-19-33(49-23-29)30-14-8-3-9-15-30)31-17-18-32(43(53)57-26-28-12-6-2-7-13-28)35(22-31)56-25-27-10-4-1-5-11-27/h1-2,4-7,10-13,16-19,22-23,30,34H,3,8-9,14-15,20-21,24-26H2/t34-/m1/s1. The molecule has 1 saturated heterocycles. The van der Waals surface area contributed by atoms with Crippen LogP contribution < -0.4 is 9.64 Å². The van der Waals surface area contributed by atoms with Gasteiger partial charge in [-0.25, -0.2) is 35.2 Å². The zero-order valence-corrected chi connectivity index (χ0v) is 31.9. The normalized spacial score (nSPS) is 16.1. The number of ether oxygens (including phenoxy) is 2. The number of pyridine rings is 1. The summed E-state index contributed by atoms with van der Waals surface area (Å²) in [6.07, 6.45) is 6.81. The van der Waals surface area contributed by atoms with Crippen LogP contribution in [0.25, 0.3) is 0 Å². The number of rotatable bonds is 13. The molecule has 0 radical (unpaired) electrons. The van der Waals surface area contributed by atoms with Gasteiger partial charge < -0.3 is 14.4 Å². The maximum absolute atomic E-state index is 14.8. The summed E-state index contributed by atoms with van der Waals surface area (Å²) < 4.78 is 111. The van der Waals surface area contributed by atoms with Crippen molar-refractivity contribution in [2.75, 3.05) is 11.4 Å². The van der Waals surface area contributed by atoms with Crippen molar-refractivity contribution in [2.45, 2.75) is 75.1 Å². The number of hydrogen-bond donors (Lipinski definition) is 0. The number of benzene rings is 4. The molecule has 1 aliphatic heterocycles. The van der Waals surface area contributed by atoms with E-state index in [0.717, 1.165) is 48.9 Å². The Labute approximate surface area is 332 Å². The van der Waals surface area contributed by atoms with Gasteiger partial charge in [-0.15, -0.1) is 0 Å². The van der Waals surface area contributed by atoms with Crippen LogP contribution in [0.5, 0.6) is 5.75 Å². The smallest absolute Gasteiger partial charge is 0.342 e. The summed E-state index contributed by atoms with van der Waals surface area (Å²) in [5.74, 6) is -13.7. The summed E-state index contributed by atoms with van der Waals surface area (Å²) >= 11 is 0. The molecule has 4 aromatic carbocycles. The first-order chi connectivity index (χ1) is 27.9. The number of hydrogen-bond acceptors (Lipinski definition) is 7. The number of amides is 1. The summed E-state index contributed by atoms with van der Waals surface area (Å²) in [5, 5.41) is 0. The largest absolute Gasteiger partial charge is 0.488 e. The number of carbonyl (C=O) groups excluding carboxylic acids is 2. The third kappa shape index (κ3) is 8.46. The van der Waals surface area contributed by atoms with Crippen LogP contribution in [0.2, 0.25) is 0 Å². The van der Waals surface area contributed by atoms with Gasteiger partial charge in [0.2, 0.25) is 21.7 Å². The van der Waals surface area contributed by atoms with Crippen molar-refractivity contribution in [3.63, 3.8) is 0 Å². The summed E-state index contributed by atoms with van der Waals surface area (Å²) in [7, 11) is -5.43. The van der Waals surface area contributed by atoms with Crippen molar-refractivity contribution >= 4 is 27.6 Å². The van der Waals surface area contributed by atoms with E-state index in [2.05, 4.69) is 4.98 Å². The maximum atomic E-state index is 14.8. The lowest BCUT2D eigenvalue weighted by molar-refractivity contribution is -0.125. The molecule has 0 N–H and O–H groups in total. The molecule has 7 rings (SSSR count). The number of anilines is 1. The van der Waals surface area contributed by atoms with Crippen molar-refractivity contribution in [1.82, 2.24) is 9.29 Å². The Morgan fingerprint density at radius 2 is 1.34 bits per heavy atom. The third-order valence-electron chi connectivity index (χ3n) is 10.4. The molecule has 2 heterocycles. The van der Waals surface area contributed by atoms with Gasteiger partial charge >= 0.3 is 5.97 Å². The highest BCUT2D eigenvalue weighted by molar-refractivity contribution is 7.89. The van der Waals surface area contributed by atoms with E-state index in [1.54, 1.807) is 36.5 Å². The molecule has 58 heavy (non-hydrogen) atoms. The Morgan fingerprint density at radius 1 is 0.724 bits per heavy atom. The van der Waals surface area contributed by atoms with Gasteiger partial charge in [-0.3, -0.25) is 9.78 Å². The molecule has 0 unspecified atom stereocenters. The molecule has 1 aromatic heterocycles. The summed E-state index contributed by atoms with van der Waals surface area (Å²) in [4.78, 5) is 31.8. The SMILES string of the molecule is O=C(OCc1ccccc1)c1ccc(N(Cc2ccc(C3CCCCC3)nc2)C(=O)[C@H]2CCN2S(=O)(=O)c2c(F)c(F)c(F)c(F)c2F)cc1OCc1ccccc1. The first-order valence-electron chi connectivity index (χ1n) is 18.7. The fourth-order valence-electron chi connectivity index (χ4n) is 7.16. The number of esters is 1. The first-order valence-corrected chi connectivity index (χ1v) is 20.2. The lowest BCUT2D eigenvalue weighted by Gasteiger charge is -2.41. The number of sulfonamides is 1. The highest BCUT2D eigenvalue weighted by Crippen LogP contribution is 2.37. The molecule has 0 spiro atoms. The average molecular weight is 820 g/mol. The molecule has 5 aromatic rings. The molecule has 302 valence electrons. The number of aromatic nitrogens is 1. The lowest BCUT2D eigenvalue weighted by atomic mass is 9.86. The molecule has 15 heteroatoms. The molecule has 2 aliphatic rings. The Balaban J connectivity index is 1.24. The molecule has 1 amide bonds. The molecular formula is C43H38F5N3O6S. The van der Waals surface area contributed by atoms with E-state index >= 15 is 0 Å². The van der Waals surface area contributed by atoms with Gasteiger partial charge in [0.25, 0.3) is 0 Å². The Kier molecular flexibility index (Phi) is 12.2. The monoisotopic (exact) mass is 819 g/mol. The van der Waals surface area contributed by atoms with E-state index in [1.165, 1.54) is 23.1 Å². The minimum absolute atomic E-state index is 0.0142. The van der Waals surface area contributed by atoms with Gasteiger partial charge in [0.1, 0.15) is 30.6 Å². The predicted octanol–water partition coefficient (Wildman–Crippen LogP) is 8.76. The molecule has 9 nitrogen and oxygen atoms in total. The molecule has 0 bridgehead atoms. The van der Waals surface area contributed by atoms with Crippen LogP contribution in [0.1, 0.15) is 77.2 Å². The highest BCUT2D eigenvalue weighted by atomic mass is 32.2. The van der Waals surface area contributed by atoms with E-state index in [0.29, 0.717) is 9.87 Å². The molecule has 1 aliphatic carbocycles. The second kappa shape index (κ2) is 17.4. The van der Waals surface area contributed by atoms with Crippen LogP contribution in [-0.4, -0.2) is 42.2 Å². The van der Waals surface area contributed by atoms with Gasteiger partial charge in [0.05, 0.1) is 6.54 Å². The average Bonchev–Trinajstić information content (AvgIpc) is 3.23. The van der Waals surface area contributed by atoms with E-state index in [4.69, 9.17) is 9.47 Å². The minimum Gasteiger partial charge on any atom is -0.488 e. The van der Waals surface area contributed by atoms with E-state index in [9.17, 15) is 40.0 Å². The minimum atomic E-state index is -5.43. The molecule has 1 saturated carbocycles. The van der Waals surface area contributed by atoms with Crippen LogP contribution in [0.3, 0.4) is 0 Å². The van der Waals surface area contributed by atoms with E-state index < -0.39 is 68.5 Å². The summed E-state index contributed by atoms with van der Waals surface area (Å²) in [6, 6.07) is 24.4.